The fraction of sp³-hybridized carbons (Fsp3) is 0.316. The highest BCUT2D eigenvalue weighted by atomic mass is 16.2. The van der Waals surface area contributed by atoms with Crippen molar-refractivity contribution in [3.63, 3.8) is 0 Å². The molecule has 8 heteroatoms. The van der Waals surface area contributed by atoms with Crippen LogP contribution in [0.3, 0.4) is 0 Å². The summed E-state index contributed by atoms with van der Waals surface area (Å²) in [7, 11) is 0. The fourth-order valence-corrected chi connectivity index (χ4v) is 3.36. The van der Waals surface area contributed by atoms with Crippen LogP contribution < -0.4 is 5.32 Å². The molecule has 0 bridgehead atoms. The zero-order valence-corrected chi connectivity index (χ0v) is 15.3. The zero-order valence-electron chi connectivity index (χ0n) is 15.3. The van der Waals surface area contributed by atoms with E-state index in [2.05, 4.69) is 30.5 Å². The molecule has 27 heavy (non-hydrogen) atoms. The maximum absolute atomic E-state index is 12.8. The highest BCUT2D eigenvalue weighted by Crippen LogP contribution is 2.30. The van der Waals surface area contributed by atoms with E-state index in [-0.39, 0.29) is 12.1 Å². The van der Waals surface area contributed by atoms with Crippen molar-refractivity contribution >= 4 is 11.7 Å². The molecule has 1 fully saturated rings. The molecule has 0 aliphatic carbocycles. The summed E-state index contributed by atoms with van der Waals surface area (Å²) < 4.78 is 0. The number of aryl methyl sites for hydroxylation is 2. The molecule has 1 aromatic carbocycles. The van der Waals surface area contributed by atoms with Crippen LogP contribution in [-0.2, 0) is 0 Å². The molecule has 0 radical (unpaired) electrons. The minimum atomic E-state index is -0.143. The van der Waals surface area contributed by atoms with E-state index in [1.807, 2.05) is 44.2 Å². The van der Waals surface area contributed by atoms with Gasteiger partial charge in [-0.1, -0.05) is 12.1 Å². The van der Waals surface area contributed by atoms with E-state index in [9.17, 15) is 4.79 Å². The second kappa shape index (κ2) is 7.14. The third kappa shape index (κ3) is 3.64. The second-order valence-corrected chi connectivity index (χ2v) is 6.63. The van der Waals surface area contributed by atoms with Gasteiger partial charge in [0.05, 0.1) is 11.7 Å². The first kappa shape index (κ1) is 17.1. The van der Waals surface area contributed by atoms with Gasteiger partial charge in [0.1, 0.15) is 11.6 Å². The summed E-state index contributed by atoms with van der Waals surface area (Å²) >= 11 is 0. The summed E-state index contributed by atoms with van der Waals surface area (Å²) in [4.78, 5) is 27.6. The van der Waals surface area contributed by atoms with Crippen LogP contribution in [0.25, 0.3) is 11.3 Å². The van der Waals surface area contributed by atoms with Gasteiger partial charge in [0.25, 0.3) is 0 Å². The van der Waals surface area contributed by atoms with Gasteiger partial charge in [-0.05, 0) is 44.9 Å². The Morgan fingerprint density at radius 3 is 2.93 bits per heavy atom. The number of aromatic amines is 1. The molecule has 138 valence electrons. The van der Waals surface area contributed by atoms with Crippen molar-refractivity contribution in [2.24, 2.45) is 0 Å². The van der Waals surface area contributed by atoms with Gasteiger partial charge in [-0.2, -0.15) is 5.10 Å². The maximum Gasteiger partial charge on any atom is 0.322 e. The Balaban J connectivity index is 1.52. The summed E-state index contributed by atoms with van der Waals surface area (Å²) in [5, 5.41) is 10.1. The minimum Gasteiger partial charge on any atom is -0.314 e. The molecule has 1 unspecified atom stereocenters. The summed E-state index contributed by atoms with van der Waals surface area (Å²) in [6.07, 6.45) is 3.54. The van der Waals surface area contributed by atoms with Crippen molar-refractivity contribution in [1.82, 2.24) is 30.0 Å². The van der Waals surface area contributed by atoms with E-state index in [0.29, 0.717) is 18.2 Å². The van der Waals surface area contributed by atoms with Crippen LogP contribution in [0.15, 0.2) is 36.5 Å². The molecule has 0 spiro atoms. The molecular formula is C19H21N7O. The number of benzene rings is 1. The molecule has 2 N–H and O–H groups in total. The monoisotopic (exact) mass is 363 g/mol. The van der Waals surface area contributed by atoms with Gasteiger partial charge in [-0.15, -0.1) is 0 Å². The van der Waals surface area contributed by atoms with Crippen LogP contribution in [0.1, 0.15) is 36.4 Å². The maximum atomic E-state index is 12.8. The van der Waals surface area contributed by atoms with Crippen LogP contribution in [0.4, 0.5) is 10.5 Å². The number of aromatic nitrogens is 5. The van der Waals surface area contributed by atoms with E-state index in [1.165, 1.54) is 0 Å². The van der Waals surface area contributed by atoms with E-state index < -0.39 is 0 Å². The lowest BCUT2D eigenvalue weighted by atomic mass is 10.1. The number of urea groups is 1. The molecule has 3 heterocycles. The number of nitrogens with one attached hydrogen (secondary N) is 2. The van der Waals surface area contributed by atoms with Crippen molar-refractivity contribution < 1.29 is 4.79 Å². The van der Waals surface area contributed by atoms with Gasteiger partial charge < -0.3 is 10.2 Å². The number of carbonyl (C=O) groups is 1. The number of carbonyl (C=O) groups excluding carboxylic acids is 1. The molecular weight excluding hydrogens is 342 g/mol. The highest BCUT2D eigenvalue weighted by molar-refractivity contribution is 5.90. The Labute approximate surface area is 157 Å². The average Bonchev–Trinajstić information content (AvgIpc) is 3.30. The number of H-pyrrole nitrogens is 1. The third-order valence-electron chi connectivity index (χ3n) is 4.61. The Kier molecular flexibility index (Phi) is 4.53. The zero-order chi connectivity index (χ0) is 18.8. The number of nitrogens with zero attached hydrogens (tertiary/aromatic N) is 5. The van der Waals surface area contributed by atoms with Crippen molar-refractivity contribution in [2.75, 3.05) is 11.9 Å². The van der Waals surface area contributed by atoms with Gasteiger partial charge in [0, 0.05) is 24.0 Å². The molecule has 2 amide bonds. The Bertz CT molecular complexity index is 968. The fourth-order valence-electron chi connectivity index (χ4n) is 3.36. The second-order valence-electron chi connectivity index (χ2n) is 6.63. The Hall–Kier alpha value is -3.29. The van der Waals surface area contributed by atoms with Crippen molar-refractivity contribution in [2.45, 2.75) is 32.7 Å². The lowest BCUT2D eigenvalue weighted by Crippen LogP contribution is -2.34. The predicted molar refractivity (Wildman–Crippen MR) is 101 cm³/mol. The lowest BCUT2D eigenvalue weighted by Gasteiger charge is -2.23. The largest absolute Gasteiger partial charge is 0.322 e. The number of likely N-dealkylation sites (tertiary alicyclic amines) is 1. The van der Waals surface area contributed by atoms with Crippen LogP contribution in [0.2, 0.25) is 0 Å². The van der Waals surface area contributed by atoms with Crippen molar-refractivity contribution in [1.29, 1.82) is 0 Å². The minimum absolute atomic E-state index is 0.0948. The number of amides is 2. The van der Waals surface area contributed by atoms with E-state index >= 15 is 0 Å². The first-order valence-electron chi connectivity index (χ1n) is 8.97. The number of rotatable bonds is 3. The number of hydrogen-bond acceptors (Lipinski definition) is 5. The first-order valence-corrected chi connectivity index (χ1v) is 8.97. The smallest absolute Gasteiger partial charge is 0.314 e. The lowest BCUT2D eigenvalue weighted by molar-refractivity contribution is 0.205. The molecule has 0 saturated carbocycles. The van der Waals surface area contributed by atoms with Gasteiger partial charge in [-0.25, -0.2) is 19.7 Å². The van der Waals surface area contributed by atoms with Gasteiger partial charge in [0.15, 0.2) is 5.82 Å². The van der Waals surface area contributed by atoms with Crippen LogP contribution in [0.5, 0.6) is 0 Å². The molecule has 4 rings (SSSR count). The molecule has 1 saturated heterocycles. The van der Waals surface area contributed by atoms with Crippen molar-refractivity contribution in [3.05, 3.63) is 54.0 Å². The summed E-state index contributed by atoms with van der Waals surface area (Å²) in [5.41, 5.74) is 2.49. The van der Waals surface area contributed by atoms with Crippen molar-refractivity contribution in [3.8, 4) is 11.3 Å². The van der Waals surface area contributed by atoms with E-state index in [4.69, 9.17) is 0 Å². The van der Waals surface area contributed by atoms with Crippen LogP contribution in [-0.4, -0.2) is 42.6 Å². The molecule has 3 aromatic rings. The standard InChI is InChI=1S/C19H21N7O/c1-12-20-9-8-16(21-12)14-5-3-6-15(11-14)23-19(27)26-10-4-7-17(26)18-22-13(2)24-25-18/h3,5-6,8-9,11,17H,4,7,10H2,1-2H3,(H,23,27)(H,22,24,25). The summed E-state index contributed by atoms with van der Waals surface area (Å²) in [6, 6.07) is 9.28. The van der Waals surface area contributed by atoms with E-state index in [1.54, 1.807) is 11.1 Å². The van der Waals surface area contributed by atoms with Gasteiger partial charge >= 0.3 is 6.03 Å². The summed E-state index contributed by atoms with van der Waals surface area (Å²) in [6.45, 7) is 4.40. The SMILES string of the molecule is Cc1nccc(-c2cccc(NC(=O)N3CCCC3c3n[nH]c(C)n3)c2)n1. The normalized spacial score (nSPS) is 16.5. The predicted octanol–water partition coefficient (Wildman–Crippen LogP) is 3.25. The van der Waals surface area contributed by atoms with Gasteiger partial charge in [-0.3, -0.25) is 5.10 Å². The van der Waals surface area contributed by atoms with Crippen LogP contribution in [0, 0.1) is 13.8 Å². The van der Waals surface area contributed by atoms with Crippen LogP contribution >= 0.6 is 0 Å². The molecule has 1 atom stereocenters. The molecule has 2 aromatic heterocycles. The number of anilines is 1. The number of hydrogen-bond donors (Lipinski definition) is 2. The van der Waals surface area contributed by atoms with E-state index in [0.717, 1.165) is 35.6 Å². The molecule has 8 nitrogen and oxygen atoms in total. The topological polar surface area (TPSA) is 99.7 Å². The first-order chi connectivity index (χ1) is 13.1. The quantitative estimate of drug-likeness (QED) is 0.744. The van der Waals surface area contributed by atoms with Gasteiger partial charge in [0.2, 0.25) is 0 Å². The Morgan fingerprint density at radius 1 is 1.26 bits per heavy atom. The molecule has 1 aliphatic rings. The highest BCUT2D eigenvalue weighted by Gasteiger charge is 2.32. The summed E-state index contributed by atoms with van der Waals surface area (Å²) in [5.74, 6) is 2.14. The Morgan fingerprint density at radius 2 is 2.15 bits per heavy atom. The third-order valence-corrected chi connectivity index (χ3v) is 4.61. The average molecular weight is 363 g/mol. The molecule has 1 aliphatic heterocycles.